The van der Waals surface area contributed by atoms with Crippen LogP contribution in [0.1, 0.15) is 19.3 Å². The third kappa shape index (κ3) is 9.53. The molecule has 14 N–H and O–H groups in total. The summed E-state index contributed by atoms with van der Waals surface area (Å²) in [5.74, 6) is 19.6. The first-order valence-corrected chi connectivity index (χ1v) is 15.2. The highest BCUT2D eigenvalue weighted by molar-refractivity contribution is 7.60. The maximum atomic E-state index is 12.1. The quantitative estimate of drug-likeness (QED) is 0.0339. The molecule has 39 heavy (non-hydrogen) atoms. The van der Waals surface area contributed by atoms with Crippen LogP contribution in [-0.2, 0) is 47.2 Å². The second-order valence-electron chi connectivity index (χ2n) is 8.82. The summed E-state index contributed by atoms with van der Waals surface area (Å²) in [7, 11) is -7.88. The number of nitrogens with two attached hydrogens (primary N) is 4. The van der Waals surface area contributed by atoms with Crippen molar-refractivity contribution in [3.8, 4) is 0 Å². The molecule has 2 heterocycles. The molecule has 2 aliphatic heterocycles. The fraction of sp³-hybridized carbons (Fsp3) is 1.00. The molecule has 0 saturated carbocycles. The number of aliphatic hydroxyl groups excluding tert-OH is 6. The van der Waals surface area contributed by atoms with Crippen LogP contribution in [0.15, 0.2) is 0 Å². The van der Waals surface area contributed by atoms with E-state index in [-0.39, 0.29) is 25.8 Å². The van der Waals surface area contributed by atoms with Gasteiger partial charge >= 0.3 is 28.5 Å². The van der Waals surface area contributed by atoms with Crippen molar-refractivity contribution in [2.24, 2.45) is 23.6 Å². The minimum Gasteiger partial charge on any atom is -0.388 e. The molecule has 0 aromatic heterocycles. The molecule has 2 aliphatic rings. The lowest BCUT2D eigenvalue weighted by molar-refractivity contribution is -0.298. The zero-order chi connectivity index (χ0) is 29.4. The number of hydrogen-bond acceptors (Lipinski definition) is 18. The van der Waals surface area contributed by atoms with E-state index in [0.717, 1.165) is 0 Å². The predicted molar refractivity (Wildman–Crippen MR) is 125 cm³/mol. The van der Waals surface area contributed by atoms with Gasteiger partial charge in [-0.2, -0.15) is 23.6 Å². The van der Waals surface area contributed by atoms with Crippen molar-refractivity contribution in [2.75, 3.05) is 25.5 Å². The highest BCUT2D eigenvalue weighted by Crippen LogP contribution is 2.56. The largest absolute Gasteiger partial charge is 0.498 e. The Balaban J connectivity index is 1.79. The lowest BCUT2D eigenvalue weighted by Crippen LogP contribution is -2.59. The third-order valence-corrected chi connectivity index (χ3v) is 9.07. The Labute approximate surface area is 224 Å². The van der Waals surface area contributed by atoms with Crippen LogP contribution in [0.2, 0.25) is 0 Å². The Morgan fingerprint density at radius 2 is 1.03 bits per heavy atom. The van der Waals surface area contributed by atoms with Crippen molar-refractivity contribution >= 4 is 15.9 Å². The molecule has 0 bridgehead atoms. The first-order valence-electron chi connectivity index (χ1n) is 11.7. The lowest BCUT2D eigenvalue weighted by atomic mass is 9.97. The van der Waals surface area contributed by atoms with E-state index in [1.807, 2.05) is 0 Å². The molecule has 0 aromatic carbocycles. The lowest BCUT2D eigenvalue weighted by Gasteiger charge is -2.35. The van der Waals surface area contributed by atoms with E-state index in [9.17, 15) is 40.4 Å². The van der Waals surface area contributed by atoms with Gasteiger partial charge in [-0.1, -0.05) is 18.5 Å². The van der Waals surface area contributed by atoms with E-state index < -0.39 is 83.5 Å². The highest BCUT2D eigenvalue weighted by atomic mass is 31.2. The van der Waals surface area contributed by atoms with E-state index in [0.29, 0.717) is 12.8 Å². The van der Waals surface area contributed by atoms with E-state index in [4.69, 9.17) is 42.5 Å². The van der Waals surface area contributed by atoms with Crippen LogP contribution < -0.4 is 23.6 Å². The Bertz CT molecular complexity index is 716. The number of ether oxygens (including phenoxy) is 4. The van der Waals surface area contributed by atoms with Gasteiger partial charge in [-0.3, -0.25) is 9.47 Å². The van der Waals surface area contributed by atoms with E-state index in [2.05, 4.69) is 18.5 Å². The first kappa shape index (κ1) is 35.3. The normalized spacial score (nSPS) is 36.3. The molecule has 0 aliphatic carbocycles. The van der Waals surface area contributed by atoms with Crippen LogP contribution in [0.5, 0.6) is 0 Å². The van der Waals surface area contributed by atoms with Gasteiger partial charge in [0, 0.05) is 29.0 Å². The van der Waals surface area contributed by atoms with Gasteiger partial charge in [0.25, 0.3) is 0 Å². The number of hydrogen-bond donors (Lipinski definition) is 10. The second-order valence-corrected chi connectivity index (χ2v) is 12.9. The van der Waals surface area contributed by atoms with Gasteiger partial charge in [-0.05, 0) is 0 Å². The molecule has 0 unspecified atom stereocenters. The van der Waals surface area contributed by atoms with Crippen molar-refractivity contribution in [3.63, 3.8) is 0 Å². The molecule has 2 saturated heterocycles. The molecule has 228 valence electrons. The molecule has 0 amide bonds. The van der Waals surface area contributed by atoms with Crippen molar-refractivity contribution in [1.82, 2.24) is 0 Å². The standard InChI is InChI=1S/C17H38N4O16P2/c18-34-38(28,35-19)6-3-8-10(22)12(24)14(26)16(32-8)30-4-1-2-5-31-17-15(27)13(25)11(23)9(33-17)7-39(29,36-20)37-21/h8-17,22-27H,1-7,18-21H2/q+4/t8-,9-,10-,11-,12+,13+,14+,15+,16+,17+/m1/s1. The fourth-order valence-electron chi connectivity index (χ4n) is 3.85. The number of rotatable bonds is 16. The summed E-state index contributed by atoms with van der Waals surface area (Å²) in [6, 6.07) is 0. The summed E-state index contributed by atoms with van der Waals surface area (Å²) in [4.78, 5) is 24.1. The van der Waals surface area contributed by atoms with Crippen LogP contribution in [0.25, 0.3) is 0 Å². The van der Waals surface area contributed by atoms with Gasteiger partial charge in [0.2, 0.25) is 13.2 Å². The van der Waals surface area contributed by atoms with Crippen LogP contribution >= 0.6 is 15.9 Å². The first-order chi connectivity index (χ1) is 18.3. The zero-order valence-electron chi connectivity index (χ0n) is 20.7. The maximum absolute atomic E-state index is 12.1. The molecule has 10 atom stereocenters. The minimum absolute atomic E-state index is 0.0140. The van der Waals surface area contributed by atoms with Gasteiger partial charge in [-0.15, -0.1) is 9.47 Å². The minimum atomic E-state index is -4.05. The molecule has 2 rings (SSSR count). The van der Waals surface area contributed by atoms with Crippen molar-refractivity contribution in [1.29, 1.82) is 0 Å². The molecule has 2 fully saturated rings. The zero-order valence-corrected chi connectivity index (χ0v) is 22.5. The SMILES string of the molecule is NO[P+]([O])(CC[C@H]1O[C@H]([O+]CCCC[O+][C@H]2O[C@H](C[P+]([O])(ON)ON)[C@@H](O)[C@H](O)[C@@H]2O)[C@@H](O)[C@@H](O)[C@@H]1O)ON. The summed E-state index contributed by atoms with van der Waals surface area (Å²) < 4.78 is 38.6. The van der Waals surface area contributed by atoms with Crippen LogP contribution in [0, 0.1) is 0 Å². The third-order valence-electron chi connectivity index (χ3n) is 6.17. The average molecular weight is 616 g/mol. The Hall–Kier alpha value is 0.0600. The average Bonchev–Trinajstić information content (AvgIpc) is 2.94. The maximum Gasteiger partial charge on any atom is 0.498 e. The summed E-state index contributed by atoms with van der Waals surface area (Å²) in [5.41, 5.74) is 0. The van der Waals surface area contributed by atoms with E-state index in [1.54, 1.807) is 0 Å². The van der Waals surface area contributed by atoms with Gasteiger partial charge in [-0.25, -0.2) is 0 Å². The molecule has 4 radical (unpaired) electrons. The summed E-state index contributed by atoms with van der Waals surface area (Å²) >= 11 is 0. The Morgan fingerprint density at radius 1 is 0.615 bits per heavy atom. The summed E-state index contributed by atoms with van der Waals surface area (Å²) in [5, 5.41) is 60.7. The fourth-order valence-corrected chi connectivity index (χ4v) is 5.64. The number of unbranched alkanes of at least 4 members (excludes halogenated alkanes) is 1. The van der Waals surface area contributed by atoms with Crippen LogP contribution in [-0.4, -0.2) is 118 Å². The van der Waals surface area contributed by atoms with Crippen LogP contribution in [0.4, 0.5) is 0 Å². The summed E-state index contributed by atoms with van der Waals surface area (Å²) in [6.45, 7) is -0.0512. The smallest absolute Gasteiger partial charge is 0.388 e. The topological polar surface area (TPSA) is 343 Å². The molecule has 0 spiro atoms. The van der Waals surface area contributed by atoms with Crippen molar-refractivity contribution in [2.45, 2.75) is 80.7 Å². The van der Waals surface area contributed by atoms with Crippen LogP contribution in [0.3, 0.4) is 0 Å². The Kier molecular flexibility index (Phi) is 14.5. The highest BCUT2D eigenvalue weighted by Gasteiger charge is 2.57. The van der Waals surface area contributed by atoms with Gasteiger partial charge in [0.05, 0.1) is 6.10 Å². The predicted octanol–water partition coefficient (Wildman–Crippen LogP) is -4.25. The van der Waals surface area contributed by atoms with Gasteiger partial charge in [0.1, 0.15) is 30.5 Å². The molecular formula is C17H38N4O16P2+4. The van der Waals surface area contributed by atoms with Gasteiger partial charge in [0.15, 0.2) is 24.5 Å². The van der Waals surface area contributed by atoms with E-state index >= 15 is 0 Å². The molecule has 0 aromatic rings. The number of aliphatic hydroxyl groups is 6. The summed E-state index contributed by atoms with van der Waals surface area (Å²) in [6.07, 6.45) is -15.6. The van der Waals surface area contributed by atoms with E-state index in [1.165, 1.54) is 0 Å². The molecule has 20 nitrogen and oxygen atoms in total. The Morgan fingerprint density at radius 3 is 1.46 bits per heavy atom. The van der Waals surface area contributed by atoms with Crippen molar-refractivity contribution < 1.29 is 77.9 Å². The molecular weight excluding hydrogens is 578 g/mol. The second kappa shape index (κ2) is 16.1. The van der Waals surface area contributed by atoms with Crippen molar-refractivity contribution in [3.05, 3.63) is 0 Å². The molecule has 22 heteroatoms. The van der Waals surface area contributed by atoms with Gasteiger partial charge < -0.3 is 30.6 Å². The monoisotopic (exact) mass is 616 g/mol.